The molecule has 2 aromatic rings. The molecule has 5 heteroatoms. The Bertz CT molecular complexity index is 422. The fourth-order valence-electron chi connectivity index (χ4n) is 1.11. The topological polar surface area (TPSA) is 38.9 Å². The average Bonchev–Trinajstić information content (AvgIpc) is 2.74. The van der Waals surface area contributed by atoms with Crippen molar-refractivity contribution in [2.24, 2.45) is 5.73 Å². The van der Waals surface area contributed by atoms with E-state index in [2.05, 4.69) is 10.4 Å². The molecule has 14 heavy (non-hydrogen) atoms. The van der Waals surface area contributed by atoms with Gasteiger partial charge in [-0.2, -0.15) is 0 Å². The Labute approximate surface area is 95.4 Å². The van der Waals surface area contributed by atoms with Crippen LogP contribution in [0.4, 0.5) is 0 Å². The molecule has 0 unspecified atom stereocenters. The smallest absolute Gasteiger partial charge is 0.133 e. The van der Waals surface area contributed by atoms with E-state index in [0.29, 0.717) is 6.54 Å². The van der Waals surface area contributed by atoms with E-state index in [-0.39, 0.29) is 0 Å². The minimum Gasteiger partial charge on any atom is -0.330 e. The van der Waals surface area contributed by atoms with Gasteiger partial charge in [0.05, 0.1) is 14.9 Å². The lowest BCUT2D eigenvalue weighted by molar-refractivity contribution is 0.937. The second-order valence-corrected chi connectivity index (χ2v) is 5.36. The average molecular weight is 245 g/mol. The van der Waals surface area contributed by atoms with Gasteiger partial charge in [0.2, 0.25) is 0 Å². The second-order valence-electron chi connectivity index (χ2n) is 2.79. The van der Waals surface area contributed by atoms with Gasteiger partial charge >= 0.3 is 0 Å². The van der Waals surface area contributed by atoms with Crippen LogP contribution in [0.25, 0.3) is 9.88 Å². The number of rotatable bonds is 3. The van der Waals surface area contributed by atoms with E-state index in [4.69, 9.17) is 17.3 Å². The number of hydrogen-bond donors (Lipinski definition) is 1. The van der Waals surface area contributed by atoms with Crippen molar-refractivity contribution in [3.05, 3.63) is 27.5 Å². The third-order valence-corrected chi connectivity index (χ3v) is 4.03. The maximum atomic E-state index is 5.85. The summed E-state index contributed by atoms with van der Waals surface area (Å²) in [5.41, 5.74) is 6.53. The van der Waals surface area contributed by atoms with Crippen molar-refractivity contribution in [3.8, 4) is 9.88 Å². The molecule has 0 atom stereocenters. The molecule has 0 aliphatic heterocycles. The molecule has 0 radical (unpaired) electrons. The van der Waals surface area contributed by atoms with Gasteiger partial charge in [0.15, 0.2) is 0 Å². The van der Waals surface area contributed by atoms with Gasteiger partial charge in [0.1, 0.15) is 5.01 Å². The molecule has 2 aromatic heterocycles. The van der Waals surface area contributed by atoms with Gasteiger partial charge in [-0.3, -0.25) is 0 Å². The summed E-state index contributed by atoms with van der Waals surface area (Å²) in [5.74, 6) is 0. The summed E-state index contributed by atoms with van der Waals surface area (Å²) in [6, 6.07) is 3.89. The lowest BCUT2D eigenvalue weighted by Crippen LogP contribution is -2.02. The molecule has 0 saturated carbocycles. The molecule has 74 valence electrons. The highest BCUT2D eigenvalue weighted by atomic mass is 35.5. The molecule has 2 heterocycles. The first-order valence-electron chi connectivity index (χ1n) is 4.20. The molecule has 0 aromatic carbocycles. The maximum absolute atomic E-state index is 5.85. The highest BCUT2D eigenvalue weighted by Gasteiger charge is 2.06. The SMILES string of the molecule is NCCc1csc(-c2ccc(Cl)s2)n1. The van der Waals surface area contributed by atoms with Crippen molar-refractivity contribution in [1.29, 1.82) is 0 Å². The number of halogens is 1. The largest absolute Gasteiger partial charge is 0.330 e. The van der Waals surface area contributed by atoms with E-state index in [1.54, 1.807) is 22.7 Å². The number of thiazole rings is 1. The zero-order chi connectivity index (χ0) is 9.97. The van der Waals surface area contributed by atoms with Crippen molar-refractivity contribution in [3.63, 3.8) is 0 Å². The first kappa shape index (κ1) is 10.1. The lowest BCUT2D eigenvalue weighted by atomic mass is 10.3. The third kappa shape index (κ3) is 2.15. The summed E-state index contributed by atoms with van der Waals surface area (Å²) in [5, 5.41) is 3.08. The lowest BCUT2D eigenvalue weighted by Gasteiger charge is -1.89. The highest BCUT2D eigenvalue weighted by molar-refractivity contribution is 7.23. The van der Waals surface area contributed by atoms with Crippen LogP contribution in [0, 0.1) is 0 Å². The van der Waals surface area contributed by atoms with E-state index in [9.17, 15) is 0 Å². The van der Waals surface area contributed by atoms with Crippen LogP contribution >= 0.6 is 34.3 Å². The van der Waals surface area contributed by atoms with E-state index in [1.165, 1.54) is 0 Å². The molecule has 2 nitrogen and oxygen atoms in total. The first-order chi connectivity index (χ1) is 6.79. The van der Waals surface area contributed by atoms with Gasteiger partial charge in [-0.05, 0) is 18.7 Å². The van der Waals surface area contributed by atoms with E-state index in [1.807, 2.05) is 12.1 Å². The Morgan fingerprint density at radius 1 is 1.43 bits per heavy atom. The Morgan fingerprint density at radius 2 is 2.29 bits per heavy atom. The predicted molar refractivity (Wildman–Crippen MR) is 63.2 cm³/mol. The monoisotopic (exact) mass is 244 g/mol. The molecule has 2 N–H and O–H groups in total. The third-order valence-electron chi connectivity index (χ3n) is 1.74. The molecule has 0 amide bonds. The first-order valence-corrected chi connectivity index (χ1v) is 6.27. The normalized spacial score (nSPS) is 10.7. The quantitative estimate of drug-likeness (QED) is 0.902. The van der Waals surface area contributed by atoms with Crippen LogP contribution in [0.3, 0.4) is 0 Å². The number of hydrogen-bond acceptors (Lipinski definition) is 4. The fraction of sp³-hybridized carbons (Fsp3) is 0.222. The molecule has 0 spiro atoms. The highest BCUT2D eigenvalue weighted by Crippen LogP contribution is 2.32. The molecule has 2 rings (SSSR count). The van der Waals surface area contributed by atoms with Crippen LogP contribution in [0.5, 0.6) is 0 Å². The van der Waals surface area contributed by atoms with Gasteiger partial charge in [0, 0.05) is 11.8 Å². The van der Waals surface area contributed by atoms with Gasteiger partial charge < -0.3 is 5.73 Å². The van der Waals surface area contributed by atoms with E-state index >= 15 is 0 Å². The number of thiophene rings is 1. The Hall–Kier alpha value is -0.420. The molecular weight excluding hydrogens is 236 g/mol. The second kappa shape index (κ2) is 4.40. The minimum atomic E-state index is 0.647. The van der Waals surface area contributed by atoms with Gasteiger partial charge in [0.25, 0.3) is 0 Å². The number of nitrogens with zero attached hydrogens (tertiary/aromatic N) is 1. The Balaban J connectivity index is 2.24. The van der Waals surface area contributed by atoms with Gasteiger partial charge in [-0.25, -0.2) is 4.98 Å². The van der Waals surface area contributed by atoms with Gasteiger partial charge in [-0.1, -0.05) is 11.6 Å². The number of nitrogens with two attached hydrogens (primary N) is 1. The minimum absolute atomic E-state index is 0.647. The zero-order valence-electron chi connectivity index (χ0n) is 7.37. The van der Waals surface area contributed by atoms with Crippen molar-refractivity contribution in [2.75, 3.05) is 6.54 Å². The summed E-state index contributed by atoms with van der Waals surface area (Å²) >= 11 is 9.05. The Kier molecular flexibility index (Phi) is 3.18. The van der Waals surface area contributed by atoms with Crippen LogP contribution in [-0.2, 0) is 6.42 Å². The van der Waals surface area contributed by atoms with Crippen molar-refractivity contribution in [1.82, 2.24) is 4.98 Å². The van der Waals surface area contributed by atoms with Gasteiger partial charge in [-0.15, -0.1) is 22.7 Å². The molecule has 0 aliphatic rings. The molecular formula is C9H9ClN2S2. The van der Waals surface area contributed by atoms with Crippen LogP contribution < -0.4 is 5.73 Å². The van der Waals surface area contributed by atoms with Crippen molar-refractivity contribution >= 4 is 34.3 Å². The zero-order valence-corrected chi connectivity index (χ0v) is 9.75. The van der Waals surface area contributed by atoms with Crippen LogP contribution in [0.2, 0.25) is 4.34 Å². The van der Waals surface area contributed by atoms with Crippen LogP contribution in [0.1, 0.15) is 5.69 Å². The molecule has 0 aliphatic carbocycles. The summed E-state index contributed by atoms with van der Waals surface area (Å²) in [7, 11) is 0. The van der Waals surface area contributed by atoms with Crippen molar-refractivity contribution in [2.45, 2.75) is 6.42 Å². The molecule has 0 bridgehead atoms. The Morgan fingerprint density at radius 3 is 2.93 bits per heavy atom. The predicted octanol–water partition coefficient (Wildman–Crippen LogP) is 3.03. The summed E-state index contributed by atoms with van der Waals surface area (Å²) in [6.45, 7) is 0.647. The van der Waals surface area contributed by atoms with Crippen molar-refractivity contribution < 1.29 is 0 Å². The van der Waals surface area contributed by atoms with Crippen LogP contribution in [-0.4, -0.2) is 11.5 Å². The maximum Gasteiger partial charge on any atom is 0.133 e. The summed E-state index contributed by atoms with van der Waals surface area (Å²) in [4.78, 5) is 5.60. The van der Waals surface area contributed by atoms with Crippen LogP contribution in [0.15, 0.2) is 17.5 Å². The summed E-state index contributed by atoms with van der Waals surface area (Å²) < 4.78 is 0.801. The molecule has 0 fully saturated rings. The standard InChI is InChI=1S/C9H9ClN2S2/c10-8-2-1-7(14-8)9-12-6(3-4-11)5-13-9/h1-2,5H,3-4,11H2. The molecule has 0 saturated heterocycles. The van der Waals surface area contributed by atoms with E-state index in [0.717, 1.165) is 26.3 Å². The summed E-state index contributed by atoms with van der Waals surface area (Å²) in [6.07, 6.45) is 0.843. The van der Waals surface area contributed by atoms with E-state index < -0.39 is 0 Å². The number of aromatic nitrogens is 1. The fourth-order valence-corrected chi connectivity index (χ4v) is 3.08.